The van der Waals surface area contributed by atoms with Gasteiger partial charge in [-0.05, 0) is 28.1 Å². The van der Waals surface area contributed by atoms with Gasteiger partial charge in [0.15, 0.2) is 0 Å². The summed E-state index contributed by atoms with van der Waals surface area (Å²) in [6.07, 6.45) is 3.34. The molecule has 2 rings (SSSR count). The molecule has 7 heteroatoms. The standard InChI is InChI=1S/C13H12BrF2N3O/c1-8(6-19-7-9(14)5-17-19)13(20)18-12-4-10(15)2-3-11(12)16/h2-5,7-8H,6H2,1H3,(H,18,20). The van der Waals surface area contributed by atoms with E-state index in [9.17, 15) is 13.6 Å². The average Bonchev–Trinajstić information content (AvgIpc) is 2.79. The molecule has 106 valence electrons. The summed E-state index contributed by atoms with van der Waals surface area (Å²) in [5.41, 5.74) is -0.163. The van der Waals surface area contributed by atoms with E-state index >= 15 is 0 Å². The Morgan fingerprint density at radius 1 is 1.50 bits per heavy atom. The summed E-state index contributed by atoms with van der Waals surface area (Å²) >= 11 is 3.26. The molecule has 1 atom stereocenters. The Kier molecular flexibility index (Phi) is 4.49. The molecule has 0 spiro atoms. The summed E-state index contributed by atoms with van der Waals surface area (Å²) in [6.45, 7) is 2.02. The summed E-state index contributed by atoms with van der Waals surface area (Å²) in [4.78, 5) is 11.9. The first-order valence-corrected chi connectivity index (χ1v) is 6.69. The first-order chi connectivity index (χ1) is 9.45. The minimum Gasteiger partial charge on any atom is -0.323 e. The van der Waals surface area contributed by atoms with E-state index in [4.69, 9.17) is 0 Å². The van der Waals surface area contributed by atoms with Crippen LogP contribution in [0.5, 0.6) is 0 Å². The summed E-state index contributed by atoms with van der Waals surface area (Å²) < 4.78 is 28.8. The van der Waals surface area contributed by atoms with Gasteiger partial charge in [0.25, 0.3) is 0 Å². The highest BCUT2D eigenvalue weighted by Crippen LogP contribution is 2.17. The number of benzene rings is 1. The van der Waals surface area contributed by atoms with Crippen LogP contribution in [-0.2, 0) is 11.3 Å². The van der Waals surface area contributed by atoms with Gasteiger partial charge in [-0.25, -0.2) is 8.78 Å². The maximum absolute atomic E-state index is 13.4. The number of aromatic nitrogens is 2. The van der Waals surface area contributed by atoms with Crippen LogP contribution in [0, 0.1) is 17.6 Å². The molecule has 1 heterocycles. The van der Waals surface area contributed by atoms with Crippen LogP contribution in [0.1, 0.15) is 6.92 Å². The Labute approximate surface area is 122 Å². The zero-order valence-electron chi connectivity index (χ0n) is 10.6. The van der Waals surface area contributed by atoms with E-state index in [0.29, 0.717) is 6.54 Å². The normalized spacial score (nSPS) is 12.2. The number of halogens is 3. The first kappa shape index (κ1) is 14.6. The van der Waals surface area contributed by atoms with Gasteiger partial charge in [-0.1, -0.05) is 6.92 Å². The third-order valence-corrected chi connectivity index (χ3v) is 3.11. The summed E-state index contributed by atoms with van der Waals surface area (Å²) in [7, 11) is 0. The Balaban J connectivity index is 2.02. The smallest absolute Gasteiger partial charge is 0.229 e. The van der Waals surface area contributed by atoms with Crippen molar-refractivity contribution in [2.45, 2.75) is 13.5 Å². The largest absolute Gasteiger partial charge is 0.323 e. The van der Waals surface area contributed by atoms with Crippen LogP contribution in [-0.4, -0.2) is 15.7 Å². The Morgan fingerprint density at radius 2 is 2.25 bits per heavy atom. The van der Waals surface area contributed by atoms with Gasteiger partial charge in [0.2, 0.25) is 5.91 Å². The van der Waals surface area contributed by atoms with Crippen LogP contribution in [0.15, 0.2) is 35.1 Å². The Hall–Kier alpha value is -1.76. The minimum atomic E-state index is -0.672. The van der Waals surface area contributed by atoms with E-state index in [1.54, 1.807) is 24.0 Å². The maximum Gasteiger partial charge on any atom is 0.229 e. The number of rotatable bonds is 4. The van der Waals surface area contributed by atoms with Gasteiger partial charge in [0, 0.05) is 12.3 Å². The monoisotopic (exact) mass is 343 g/mol. The SMILES string of the molecule is CC(Cn1cc(Br)cn1)C(=O)Nc1cc(F)ccc1F. The van der Waals surface area contributed by atoms with Gasteiger partial charge in [0.05, 0.1) is 28.8 Å². The number of hydrogen-bond acceptors (Lipinski definition) is 2. The van der Waals surface area contributed by atoms with E-state index in [2.05, 4.69) is 26.3 Å². The van der Waals surface area contributed by atoms with Gasteiger partial charge in [-0.3, -0.25) is 9.48 Å². The highest BCUT2D eigenvalue weighted by Gasteiger charge is 2.16. The average molecular weight is 344 g/mol. The van der Waals surface area contributed by atoms with Gasteiger partial charge >= 0.3 is 0 Å². The number of carbonyl (C=O) groups excluding carboxylic acids is 1. The fourth-order valence-corrected chi connectivity index (χ4v) is 1.98. The number of carbonyl (C=O) groups is 1. The van der Waals surface area contributed by atoms with Gasteiger partial charge < -0.3 is 5.32 Å². The number of nitrogens with one attached hydrogen (secondary N) is 1. The molecular formula is C13H12BrF2N3O. The highest BCUT2D eigenvalue weighted by molar-refractivity contribution is 9.10. The van der Waals surface area contributed by atoms with Crippen LogP contribution in [0.2, 0.25) is 0 Å². The molecule has 0 bridgehead atoms. The molecule has 1 N–H and O–H groups in total. The van der Waals surface area contributed by atoms with Crippen molar-refractivity contribution in [1.82, 2.24) is 9.78 Å². The van der Waals surface area contributed by atoms with Crippen molar-refractivity contribution in [3.63, 3.8) is 0 Å². The molecule has 0 aliphatic heterocycles. The summed E-state index contributed by atoms with van der Waals surface area (Å²) in [6, 6.07) is 2.92. The predicted octanol–water partition coefficient (Wildman–Crippen LogP) is 3.20. The molecule has 0 saturated carbocycles. The Morgan fingerprint density at radius 3 is 2.90 bits per heavy atom. The van der Waals surface area contributed by atoms with Gasteiger partial charge in [-0.15, -0.1) is 0 Å². The van der Waals surface area contributed by atoms with Crippen LogP contribution in [0.25, 0.3) is 0 Å². The van der Waals surface area contributed by atoms with Crippen molar-refractivity contribution in [1.29, 1.82) is 0 Å². The molecule has 1 aromatic heterocycles. The van der Waals surface area contributed by atoms with Crippen LogP contribution in [0.3, 0.4) is 0 Å². The van der Waals surface area contributed by atoms with Crippen LogP contribution in [0.4, 0.5) is 14.5 Å². The molecular weight excluding hydrogens is 332 g/mol. The summed E-state index contributed by atoms with van der Waals surface area (Å²) in [5, 5.41) is 6.40. The second-order valence-electron chi connectivity index (χ2n) is 4.40. The number of hydrogen-bond donors (Lipinski definition) is 1. The zero-order chi connectivity index (χ0) is 14.7. The quantitative estimate of drug-likeness (QED) is 0.926. The number of amides is 1. The third kappa shape index (κ3) is 3.63. The van der Waals surface area contributed by atoms with E-state index in [1.165, 1.54) is 0 Å². The topological polar surface area (TPSA) is 46.9 Å². The molecule has 20 heavy (non-hydrogen) atoms. The molecule has 2 aromatic rings. The third-order valence-electron chi connectivity index (χ3n) is 2.70. The molecule has 0 aliphatic carbocycles. The van der Waals surface area contributed by atoms with Crippen molar-refractivity contribution in [3.8, 4) is 0 Å². The maximum atomic E-state index is 13.4. The van der Waals surface area contributed by atoms with Crippen molar-refractivity contribution in [3.05, 3.63) is 46.7 Å². The first-order valence-electron chi connectivity index (χ1n) is 5.89. The molecule has 0 fully saturated rings. The fraction of sp³-hybridized carbons (Fsp3) is 0.231. The Bertz CT molecular complexity index is 630. The lowest BCUT2D eigenvalue weighted by Crippen LogP contribution is -2.25. The molecule has 1 unspecified atom stereocenters. The minimum absolute atomic E-state index is 0.163. The van der Waals surface area contributed by atoms with Crippen LogP contribution >= 0.6 is 15.9 Å². The predicted molar refractivity (Wildman–Crippen MR) is 74.1 cm³/mol. The lowest BCUT2D eigenvalue weighted by molar-refractivity contribution is -0.119. The molecule has 0 radical (unpaired) electrons. The van der Waals surface area contributed by atoms with E-state index in [-0.39, 0.29) is 5.69 Å². The van der Waals surface area contributed by atoms with E-state index < -0.39 is 23.5 Å². The lowest BCUT2D eigenvalue weighted by Gasteiger charge is -2.12. The van der Waals surface area contributed by atoms with E-state index in [1.807, 2.05) is 0 Å². The fourth-order valence-electron chi connectivity index (χ4n) is 1.65. The second-order valence-corrected chi connectivity index (χ2v) is 5.31. The number of anilines is 1. The zero-order valence-corrected chi connectivity index (χ0v) is 12.2. The van der Waals surface area contributed by atoms with Crippen molar-refractivity contribution in [2.75, 3.05) is 5.32 Å². The second kappa shape index (κ2) is 6.13. The molecule has 4 nitrogen and oxygen atoms in total. The van der Waals surface area contributed by atoms with Crippen molar-refractivity contribution >= 4 is 27.5 Å². The lowest BCUT2D eigenvalue weighted by atomic mass is 10.1. The highest BCUT2D eigenvalue weighted by atomic mass is 79.9. The molecule has 1 amide bonds. The van der Waals surface area contributed by atoms with Gasteiger partial charge in [0.1, 0.15) is 11.6 Å². The number of nitrogens with zero attached hydrogens (tertiary/aromatic N) is 2. The van der Waals surface area contributed by atoms with Gasteiger partial charge in [-0.2, -0.15) is 5.10 Å². The van der Waals surface area contributed by atoms with E-state index in [0.717, 1.165) is 22.7 Å². The molecule has 0 saturated heterocycles. The molecule has 0 aliphatic rings. The summed E-state index contributed by atoms with van der Waals surface area (Å²) in [5.74, 6) is -2.12. The van der Waals surface area contributed by atoms with Crippen LogP contribution < -0.4 is 5.32 Å². The van der Waals surface area contributed by atoms with Crippen molar-refractivity contribution in [2.24, 2.45) is 5.92 Å². The van der Waals surface area contributed by atoms with Crippen molar-refractivity contribution < 1.29 is 13.6 Å². The molecule has 1 aromatic carbocycles.